The highest BCUT2D eigenvalue weighted by Gasteiger charge is 2.51. The summed E-state index contributed by atoms with van der Waals surface area (Å²) < 4.78 is 6.09. The van der Waals surface area contributed by atoms with E-state index in [9.17, 15) is 4.79 Å². The lowest BCUT2D eigenvalue weighted by molar-refractivity contribution is -0.131. The van der Waals surface area contributed by atoms with Gasteiger partial charge in [0.1, 0.15) is 12.4 Å². The number of hydrogen-bond acceptors (Lipinski definition) is 2. The highest BCUT2D eigenvalue weighted by Crippen LogP contribution is 2.61. The zero-order chi connectivity index (χ0) is 21.6. The molecule has 0 aromatic heterocycles. The van der Waals surface area contributed by atoms with E-state index in [4.69, 9.17) is 9.84 Å². The van der Waals surface area contributed by atoms with E-state index in [0.29, 0.717) is 12.0 Å². The molecule has 0 saturated heterocycles. The Labute approximate surface area is 185 Å². The average molecular weight is 417 g/mol. The molecule has 4 bridgehead atoms. The van der Waals surface area contributed by atoms with Crippen molar-refractivity contribution in [2.24, 2.45) is 17.8 Å². The molecule has 0 amide bonds. The van der Waals surface area contributed by atoms with E-state index in [-0.39, 0.29) is 0 Å². The van der Waals surface area contributed by atoms with Crippen LogP contribution in [0.4, 0.5) is 0 Å². The van der Waals surface area contributed by atoms with Crippen molar-refractivity contribution in [3.8, 4) is 5.75 Å². The Morgan fingerprint density at radius 2 is 1.77 bits per heavy atom. The molecular formula is C28H32O3. The van der Waals surface area contributed by atoms with Gasteiger partial charge in [-0.15, -0.1) is 0 Å². The number of benzene rings is 1. The maximum Gasteiger partial charge on any atom is 0.328 e. The molecule has 4 fully saturated rings. The van der Waals surface area contributed by atoms with Crippen molar-refractivity contribution < 1.29 is 14.6 Å². The number of carbonyl (C=O) groups is 1. The minimum atomic E-state index is -0.919. The van der Waals surface area contributed by atoms with E-state index in [1.807, 2.05) is 18.2 Å². The van der Waals surface area contributed by atoms with Crippen LogP contribution in [-0.4, -0.2) is 17.7 Å². The number of hydrogen-bond donors (Lipinski definition) is 1. The fourth-order valence-electron chi connectivity index (χ4n) is 6.89. The van der Waals surface area contributed by atoms with Crippen LogP contribution in [0.25, 0.3) is 6.08 Å². The van der Waals surface area contributed by atoms with E-state index in [1.54, 1.807) is 6.92 Å². The van der Waals surface area contributed by atoms with E-state index in [0.717, 1.165) is 34.6 Å². The monoisotopic (exact) mass is 416 g/mol. The molecule has 1 aromatic rings. The molecule has 31 heavy (non-hydrogen) atoms. The molecule has 162 valence electrons. The smallest absolute Gasteiger partial charge is 0.328 e. The summed E-state index contributed by atoms with van der Waals surface area (Å²) in [6.45, 7) is 4.45. The largest absolute Gasteiger partial charge is 0.488 e. The Kier molecular flexibility index (Phi) is 5.16. The number of rotatable bonds is 5. The van der Waals surface area contributed by atoms with E-state index in [2.05, 4.69) is 31.2 Å². The maximum atomic E-state index is 10.7. The standard InChI is InChI=1S/C28H32O3/c1-18(8-27(29)30)4-3-5-19(2)24-12-23-13-25(6-7-26(23)31-17-24)28-14-20-9-21(15-28)11-22(10-20)16-28/h3-8,12-13,20-22H,9-11,14-17H2,1-2H3,(H,29,30)/b4-3+,18-8-,19-5-. The second-order valence-electron chi connectivity index (χ2n) is 10.3. The van der Waals surface area contributed by atoms with Crippen molar-refractivity contribution in [1.29, 1.82) is 0 Å². The van der Waals surface area contributed by atoms with Gasteiger partial charge in [-0.25, -0.2) is 4.79 Å². The molecule has 1 aromatic carbocycles. The summed E-state index contributed by atoms with van der Waals surface area (Å²) in [6.07, 6.45) is 17.8. The minimum Gasteiger partial charge on any atom is -0.488 e. The maximum absolute atomic E-state index is 10.7. The number of ether oxygens (including phenoxy) is 1. The summed E-state index contributed by atoms with van der Waals surface area (Å²) in [5.74, 6) is 2.90. The van der Waals surface area contributed by atoms with Gasteiger partial charge in [-0.3, -0.25) is 0 Å². The van der Waals surface area contributed by atoms with Gasteiger partial charge < -0.3 is 9.84 Å². The van der Waals surface area contributed by atoms with Crippen LogP contribution >= 0.6 is 0 Å². The number of allylic oxidation sites excluding steroid dienone is 4. The minimum absolute atomic E-state index is 0.400. The highest BCUT2D eigenvalue weighted by molar-refractivity contribution is 5.81. The Bertz CT molecular complexity index is 985. The lowest BCUT2D eigenvalue weighted by Gasteiger charge is -2.57. The molecule has 6 rings (SSSR count). The first-order chi connectivity index (χ1) is 14.9. The van der Waals surface area contributed by atoms with Crippen LogP contribution in [0, 0.1) is 17.8 Å². The Hall–Kier alpha value is -2.55. The van der Waals surface area contributed by atoms with Gasteiger partial charge in [0.25, 0.3) is 0 Å². The fourth-order valence-corrected chi connectivity index (χ4v) is 6.89. The van der Waals surface area contributed by atoms with Gasteiger partial charge in [-0.1, -0.05) is 24.3 Å². The lowest BCUT2D eigenvalue weighted by Crippen LogP contribution is -2.48. The Morgan fingerprint density at radius 3 is 2.42 bits per heavy atom. The third-order valence-corrected chi connectivity index (χ3v) is 7.94. The van der Waals surface area contributed by atoms with Gasteiger partial charge in [0, 0.05) is 11.6 Å². The van der Waals surface area contributed by atoms with Crippen molar-refractivity contribution in [3.63, 3.8) is 0 Å². The summed E-state index contributed by atoms with van der Waals surface area (Å²) in [4.78, 5) is 10.7. The van der Waals surface area contributed by atoms with E-state index in [1.165, 1.54) is 61.3 Å². The molecule has 4 aliphatic carbocycles. The van der Waals surface area contributed by atoms with Gasteiger partial charge in [-0.05, 0) is 116 Å². The fraction of sp³-hybridized carbons (Fsp3) is 0.464. The SMILES string of the molecule is CC(=C/C(=O)O)/C=C/C=C(/C)C1=Cc2cc(C34CC5CC(CC(C5)C3)C4)ccc2OC1. The molecule has 0 unspecified atom stereocenters. The summed E-state index contributed by atoms with van der Waals surface area (Å²) in [6, 6.07) is 6.94. The first kappa shape index (κ1) is 20.4. The second kappa shape index (κ2) is 7.85. The van der Waals surface area contributed by atoms with E-state index >= 15 is 0 Å². The van der Waals surface area contributed by atoms with Crippen LogP contribution in [0.5, 0.6) is 5.75 Å². The molecule has 0 atom stereocenters. The van der Waals surface area contributed by atoms with Crippen LogP contribution < -0.4 is 4.74 Å². The zero-order valence-electron chi connectivity index (χ0n) is 18.6. The van der Waals surface area contributed by atoms with Crippen LogP contribution in [-0.2, 0) is 10.2 Å². The first-order valence-electron chi connectivity index (χ1n) is 11.6. The highest BCUT2D eigenvalue weighted by atomic mass is 16.5. The van der Waals surface area contributed by atoms with Gasteiger partial charge in [-0.2, -0.15) is 0 Å². The van der Waals surface area contributed by atoms with Crippen molar-refractivity contribution in [2.75, 3.05) is 6.61 Å². The normalized spacial score (nSPS) is 32.1. The van der Waals surface area contributed by atoms with Gasteiger partial charge in [0.2, 0.25) is 0 Å². The van der Waals surface area contributed by atoms with Crippen molar-refractivity contribution in [3.05, 3.63) is 70.3 Å². The van der Waals surface area contributed by atoms with Crippen LogP contribution in [0.1, 0.15) is 63.5 Å². The van der Waals surface area contributed by atoms with Crippen molar-refractivity contribution in [1.82, 2.24) is 0 Å². The summed E-state index contributed by atoms with van der Waals surface area (Å²) in [5, 5.41) is 8.83. The summed E-state index contributed by atoms with van der Waals surface area (Å²) in [7, 11) is 0. The quantitative estimate of drug-likeness (QED) is 0.442. The summed E-state index contributed by atoms with van der Waals surface area (Å²) in [5.41, 5.74) is 6.17. The molecule has 1 aliphatic heterocycles. The number of carboxylic acids is 1. The van der Waals surface area contributed by atoms with Crippen molar-refractivity contribution in [2.45, 2.75) is 57.8 Å². The third kappa shape index (κ3) is 4.03. The van der Waals surface area contributed by atoms with Gasteiger partial charge in [0.05, 0.1) is 0 Å². The molecule has 4 saturated carbocycles. The zero-order valence-corrected chi connectivity index (χ0v) is 18.6. The summed E-state index contributed by atoms with van der Waals surface area (Å²) >= 11 is 0. The molecule has 1 N–H and O–H groups in total. The molecular weight excluding hydrogens is 384 g/mol. The Morgan fingerprint density at radius 1 is 1.10 bits per heavy atom. The van der Waals surface area contributed by atoms with Gasteiger partial charge >= 0.3 is 5.97 Å². The van der Waals surface area contributed by atoms with Crippen LogP contribution in [0.15, 0.2) is 59.2 Å². The molecule has 5 aliphatic rings. The first-order valence-corrected chi connectivity index (χ1v) is 11.6. The van der Waals surface area contributed by atoms with E-state index < -0.39 is 5.97 Å². The predicted octanol–water partition coefficient (Wildman–Crippen LogP) is 6.46. The van der Waals surface area contributed by atoms with Crippen LogP contribution in [0.2, 0.25) is 0 Å². The van der Waals surface area contributed by atoms with Gasteiger partial charge in [0.15, 0.2) is 0 Å². The molecule has 1 heterocycles. The number of carboxylic acid groups (broad SMARTS) is 1. The molecule has 0 radical (unpaired) electrons. The topological polar surface area (TPSA) is 46.5 Å². The average Bonchev–Trinajstić information content (AvgIpc) is 2.71. The van der Waals surface area contributed by atoms with Crippen molar-refractivity contribution >= 4 is 12.0 Å². The molecule has 3 heteroatoms. The second-order valence-corrected chi connectivity index (χ2v) is 10.3. The number of aliphatic carboxylic acids is 1. The lowest BCUT2D eigenvalue weighted by atomic mass is 9.48. The Balaban J connectivity index is 1.39. The number of fused-ring (bicyclic) bond motifs is 1. The molecule has 3 nitrogen and oxygen atoms in total. The van der Waals surface area contributed by atoms with Crippen LogP contribution in [0.3, 0.4) is 0 Å². The predicted molar refractivity (Wildman–Crippen MR) is 124 cm³/mol. The molecule has 0 spiro atoms. The third-order valence-electron chi connectivity index (χ3n) is 7.94.